The number of nitrogens with one attached hydrogen (secondary N) is 2. The van der Waals surface area contributed by atoms with Crippen molar-refractivity contribution in [2.75, 3.05) is 13.1 Å². The number of unbranched alkanes of at least 4 members (excludes halogenated alkanes) is 12. The van der Waals surface area contributed by atoms with E-state index >= 15 is 0 Å². The normalized spacial score (nSPS) is 13.5. The lowest BCUT2D eigenvalue weighted by Crippen LogP contribution is -2.55. The van der Waals surface area contributed by atoms with Crippen LogP contribution in [0, 0.1) is 10.1 Å². The van der Waals surface area contributed by atoms with Crippen LogP contribution < -0.4 is 10.0 Å². The van der Waals surface area contributed by atoms with Crippen molar-refractivity contribution in [1.29, 1.82) is 0 Å². The Labute approximate surface area is 313 Å². The highest BCUT2D eigenvalue weighted by Crippen LogP contribution is 2.23. The van der Waals surface area contributed by atoms with Crippen LogP contribution in [-0.2, 0) is 32.7 Å². The molecule has 0 saturated heterocycles. The smallest absolute Gasteiger partial charge is 0.269 e. The summed E-state index contributed by atoms with van der Waals surface area (Å²) in [4.78, 5) is 10.7. The first kappa shape index (κ1) is 43.3. The zero-order valence-corrected chi connectivity index (χ0v) is 32.4. The summed E-state index contributed by atoms with van der Waals surface area (Å²) in [6.07, 6.45) is 16.6. The van der Waals surface area contributed by atoms with Crippen molar-refractivity contribution >= 4 is 15.7 Å². The standard InChI is InChI=1S/C42H63N3O6S/c1-3-5-7-8-9-10-11-12-13-14-15-22-27-41(50-34-36-23-18-16-19-24-36)42(51-35-37-25-20-17-21-26-37)40(33-43-32-6-4-2)44-52(48,49)39-30-28-38(29-31-39)45(46)47/h16-21,23-26,28-31,40-44H,3-15,22,27,32-35H2,1-2H3/t40-,41+,42-/m0/s1. The number of hydrogen-bond donors (Lipinski definition) is 2. The number of hydrogen-bond acceptors (Lipinski definition) is 7. The van der Waals surface area contributed by atoms with Crippen LogP contribution in [0.1, 0.15) is 121 Å². The highest BCUT2D eigenvalue weighted by atomic mass is 32.2. The van der Waals surface area contributed by atoms with E-state index < -0.39 is 33.2 Å². The van der Waals surface area contributed by atoms with Gasteiger partial charge in [-0.25, -0.2) is 13.1 Å². The van der Waals surface area contributed by atoms with Crippen LogP contribution in [0.4, 0.5) is 5.69 Å². The van der Waals surface area contributed by atoms with Gasteiger partial charge in [-0.1, -0.05) is 158 Å². The van der Waals surface area contributed by atoms with Gasteiger partial charge < -0.3 is 14.8 Å². The van der Waals surface area contributed by atoms with E-state index in [9.17, 15) is 18.5 Å². The Kier molecular flexibility index (Phi) is 21.4. The average Bonchev–Trinajstić information content (AvgIpc) is 3.16. The number of benzene rings is 3. The molecule has 10 heteroatoms. The van der Waals surface area contributed by atoms with Crippen molar-refractivity contribution in [3.8, 4) is 0 Å². The number of sulfonamides is 1. The molecule has 0 aliphatic rings. The van der Waals surface area contributed by atoms with Gasteiger partial charge in [0.05, 0.1) is 35.2 Å². The molecule has 3 atom stereocenters. The maximum atomic E-state index is 13.9. The van der Waals surface area contributed by atoms with Crippen LogP contribution in [-0.4, -0.2) is 44.7 Å². The summed E-state index contributed by atoms with van der Waals surface area (Å²) in [6, 6.07) is 24.2. The summed E-state index contributed by atoms with van der Waals surface area (Å²) < 4.78 is 44.0. The van der Waals surface area contributed by atoms with Crippen molar-refractivity contribution in [3.05, 3.63) is 106 Å². The molecule has 3 aromatic carbocycles. The summed E-state index contributed by atoms with van der Waals surface area (Å²) in [6.45, 7) is 6.09. The Morgan fingerprint density at radius 1 is 0.654 bits per heavy atom. The molecule has 0 amide bonds. The van der Waals surface area contributed by atoms with Gasteiger partial charge in [0.2, 0.25) is 10.0 Å². The minimum Gasteiger partial charge on any atom is -0.371 e. The lowest BCUT2D eigenvalue weighted by Gasteiger charge is -2.34. The topological polar surface area (TPSA) is 120 Å². The van der Waals surface area contributed by atoms with Gasteiger partial charge in [0.1, 0.15) is 6.10 Å². The van der Waals surface area contributed by atoms with Crippen LogP contribution in [0.25, 0.3) is 0 Å². The summed E-state index contributed by atoms with van der Waals surface area (Å²) in [7, 11) is -4.07. The fourth-order valence-corrected chi connectivity index (χ4v) is 7.60. The Morgan fingerprint density at radius 3 is 1.67 bits per heavy atom. The van der Waals surface area contributed by atoms with Gasteiger partial charge in [0.15, 0.2) is 0 Å². The van der Waals surface area contributed by atoms with Crippen molar-refractivity contribution < 1.29 is 22.8 Å². The van der Waals surface area contributed by atoms with Gasteiger partial charge in [0, 0.05) is 18.7 Å². The van der Waals surface area contributed by atoms with Crippen LogP contribution in [0.15, 0.2) is 89.8 Å². The molecule has 0 spiro atoms. The molecule has 0 saturated carbocycles. The van der Waals surface area contributed by atoms with E-state index in [4.69, 9.17) is 9.47 Å². The van der Waals surface area contributed by atoms with Crippen LogP contribution in [0.2, 0.25) is 0 Å². The first-order valence-corrected chi connectivity index (χ1v) is 21.1. The Bertz CT molecular complexity index is 1460. The molecule has 0 aromatic heterocycles. The zero-order chi connectivity index (χ0) is 37.3. The number of nitro benzene ring substituents is 1. The molecule has 0 fully saturated rings. The molecule has 0 radical (unpaired) electrons. The highest BCUT2D eigenvalue weighted by molar-refractivity contribution is 7.89. The largest absolute Gasteiger partial charge is 0.371 e. The number of nitrogens with zero attached hydrogens (tertiary/aromatic N) is 1. The summed E-state index contributed by atoms with van der Waals surface area (Å²) in [5.74, 6) is 0. The molecule has 0 aliphatic carbocycles. The average molecular weight is 738 g/mol. The van der Waals surface area contributed by atoms with Crippen LogP contribution in [0.5, 0.6) is 0 Å². The molecule has 288 valence electrons. The predicted molar refractivity (Wildman–Crippen MR) is 211 cm³/mol. The molecule has 0 aliphatic heterocycles. The van der Waals surface area contributed by atoms with Crippen molar-refractivity contribution in [2.24, 2.45) is 0 Å². The van der Waals surface area contributed by atoms with E-state index in [2.05, 4.69) is 23.9 Å². The second-order valence-electron chi connectivity index (χ2n) is 13.8. The third kappa shape index (κ3) is 17.1. The molecular formula is C42H63N3O6S. The van der Waals surface area contributed by atoms with Gasteiger partial charge >= 0.3 is 0 Å². The highest BCUT2D eigenvalue weighted by Gasteiger charge is 2.34. The molecule has 3 aromatic rings. The third-order valence-electron chi connectivity index (χ3n) is 9.43. The SMILES string of the molecule is CCCCCCCCCCCCCC[C@@H](OCc1ccccc1)[C@@H](OCc1ccccc1)[C@H](CNCCCC)NS(=O)(=O)c1ccc([N+](=O)[O-])cc1. The lowest BCUT2D eigenvalue weighted by atomic mass is 9.98. The molecule has 0 unspecified atom stereocenters. The second kappa shape index (κ2) is 25.8. The molecular weight excluding hydrogens is 675 g/mol. The number of nitro groups is 1. The first-order chi connectivity index (χ1) is 25.3. The zero-order valence-electron chi connectivity index (χ0n) is 31.6. The van der Waals surface area contributed by atoms with E-state index in [0.29, 0.717) is 26.2 Å². The number of rotatable bonds is 30. The van der Waals surface area contributed by atoms with Crippen molar-refractivity contribution in [1.82, 2.24) is 10.0 Å². The van der Waals surface area contributed by atoms with E-state index in [1.54, 1.807) is 0 Å². The minimum atomic E-state index is -4.07. The second-order valence-corrected chi connectivity index (χ2v) is 15.5. The van der Waals surface area contributed by atoms with E-state index in [-0.39, 0.29) is 10.6 Å². The van der Waals surface area contributed by atoms with E-state index in [1.807, 2.05) is 60.7 Å². The summed E-state index contributed by atoms with van der Waals surface area (Å²) in [5.41, 5.74) is 1.85. The fourth-order valence-electron chi connectivity index (χ4n) is 6.35. The summed E-state index contributed by atoms with van der Waals surface area (Å²) in [5, 5.41) is 14.7. The number of non-ortho nitro benzene ring substituents is 1. The molecule has 3 rings (SSSR count). The Balaban J connectivity index is 1.80. The Hall–Kier alpha value is -3.15. The van der Waals surface area contributed by atoms with E-state index in [0.717, 1.165) is 49.8 Å². The number of ether oxygens (including phenoxy) is 2. The van der Waals surface area contributed by atoms with Gasteiger partial charge in [0.25, 0.3) is 5.69 Å². The van der Waals surface area contributed by atoms with Crippen molar-refractivity contribution in [2.45, 2.75) is 147 Å². The van der Waals surface area contributed by atoms with Crippen molar-refractivity contribution in [3.63, 3.8) is 0 Å². The van der Waals surface area contributed by atoms with Crippen LogP contribution >= 0.6 is 0 Å². The maximum Gasteiger partial charge on any atom is 0.269 e. The molecule has 0 heterocycles. The minimum absolute atomic E-state index is 0.0406. The molecule has 9 nitrogen and oxygen atoms in total. The fraction of sp³-hybridized carbons (Fsp3) is 0.571. The van der Waals surface area contributed by atoms with Crippen LogP contribution in [0.3, 0.4) is 0 Å². The third-order valence-corrected chi connectivity index (χ3v) is 10.9. The van der Waals surface area contributed by atoms with Gasteiger partial charge in [-0.2, -0.15) is 0 Å². The molecule has 52 heavy (non-hydrogen) atoms. The monoisotopic (exact) mass is 737 g/mol. The predicted octanol–water partition coefficient (Wildman–Crippen LogP) is 9.89. The quantitative estimate of drug-likeness (QED) is 0.0397. The molecule has 0 bridgehead atoms. The van der Waals surface area contributed by atoms with Gasteiger partial charge in [-0.3, -0.25) is 10.1 Å². The lowest BCUT2D eigenvalue weighted by molar-refractivity contribution is -0.384. The van der Waals surface area contributed by atoms with Gasteiger partial charge in [-0.05, 0) is 42.6 Å². The molecule has 2 N–H and O–H groups in total. The van der Waals surface area contributed by atoms with E-state index in [1.165, 1.54) is 82.1 Å². The maximum absolute atomic E-state index is 13.9. The summed E-state index contributed by atoms with van der Waals surface area (Å²) >= 11 is 0. The first-order valence-electron chi connectivity index (χ1n) is 19.6. The Morgan fingerprint density at radius 2 is 1.15 bits per heavy atom. The van der Waals surface area contributed by atoms with Gasteiger partial charge in [-0.15, -0.1) is 0 Å².